The fraction of sp³-hybridized carbons (Fsp3) is 0.364. The minimum Gasteiger partial charge on any atom is -0.467 e. The van der Waals surface area contributed by atoms with Gasteiger partial charge < -0.3 is 20.7 Å². The lowest BCUT2D eigenvalue weighted by molar-refractivity contribution is -0.156. The molecule has 0 amide bonds. The number of rotatable bonds is 3. The summed E-state index contributed by atoms with van der Waals surface area (Å²) < 4.78 is 4.33. The van der Waals surface area contributed by atoms with Crippen LogP contribution in [0.4, 0.5) is 5.69 Å². The maximum Gasteiger partial charge on any atom is 0.337 e. The average molecular weight is 225 g/mol. The third-order valence-electron chi connectivity index (χ3n) is 2.30. The van der Waals surface area contributed by atoms with Gasteiger partial charge in [-0.3, -0.25) is 0 Å². The normalized spacial score (nSPS) is 14.2. The highest BCUT2D eigenvalue weighted by Gasteiger charge is 2.27. The molecule has 1 aromatic carbocycles. The lowest BCUT2D eigenvalue weighted by Crippen LogP contribution is -2.29. The lowest BCUT2D eigenvalue weighted by Gasteiger charge is -2.18. The minimum atomic E-state index is -1.63. The van der Waals surface area contributed by atoms with Gasteiger partial charge >= 0.3 is 5.97 Å². The number of methoxy groups -OCH3 is 1. The molecular formula is C11H15NO4. The average Bonchev–Trinajstić information content (AvgIpc) is 2.29. The van der Waals surface area contributed by atoms with Crippen LogP contribution < -0.4 is 5.73 Å². The second-order valence-corrected chi connectivity index (χ2v) is 3.55. The highest BCUT2D eigenvalue weighted by molar-refractivity contribution is 5.75. The van der Waals surface area contributed by atoms with Crippen LogP contribution in [0.1, 0.15) is 17.2 Å². The van der Waals surface area contributed by atoms with Gasteiger partial charge in [0, 0.05) is 11.3 Å². The monoisotopic (exact) mass is 225 g/mol. The Bertz CT molecular complexity index is 392. The van der Waals surface area contributed by atoms with E-state index < -0.39 is 18.2 Å². The number of nitrogen functional groups attached to an aromatic ring is 1. The van der Waals surface area contributed by atoms with E-state index in [1.807, 2.05) is 6.92 Å². The van der Waals surface area contributed by atoms with Crippen molar-refractivity contribution < 1.29 is 19.7 Å². The van der Waals surface area contributed by atoms with E-state index in [0.29, 0.717) is 11.3 Å². The molecule has 0 radical (unpaired) electrons. The van der Waals surface area contributed by atoms with Crippen molar-refractivity contribution in [3.05, 3.63) is 29.3 Å². The molecule has 0 fully saturated rings. The summed E-state index contributed by atoms with van der Waals surface area (Å²) in [7, 11) is 1.14. The summed E-state index contributed by atoms with van der Waals surface area (Å²) in [5.41, 5.74) is 7.16. The molecule has 0 spiro atoms. The second-order valence-electron chi connectivity index (χ2n) is 3.55. The van der Waals surface area contributed by atoms with E-state index in [4.69, 9.17) is 5.73 Å². The number of aliphatic hydroxyl groups is 2. The summed E-state index contributed by atoms with van der Waals surface area (Å²) in [5.74, 6) is -0.895. The number of benzene rings is 1. The van der Waals surface area contributed by atoms with Crippen molar-refractivity contribution in [2.45, 2.75) is 19.1 Å². The Kier molecular flexibility index (Phi) is 3.87. The topological polar surface area (TPSA) is 92.8 Å². The summed E-state index contributed by atoms with van der Waals surface area (Å²) in [5, 5.41) is 19.2. The van der Waals surface area contributed by atoms with Crippen LogP contribution in [0.5, 0.6) is 0 Å². The molecule has 5 heteroatoms. The number of hydrogen-bond acceptors (Lipinski definition) is 5. The van der Waals surface area contributed by atoms with Crippen molar-refractivity contribution >= 4 is 11.7 Å². The molecule has 0 bridgehead atoms. The Morgan fingerprint density at radius 3 is 2.62 bits per heavy atom. The molecule has 2 atom stereocenters. The van der Waals surface area contributed by atoms with Gasteiger partial charge in [0.25, 0.3) is 0 Å². The molecule has 4 N–H and O–H groups in total. The number of anilines is 1. The van der Waals surface area contributed by atoms with Crippen LogP contribution >= 0.6 is 0 Å². The number of carbonyl (C=O) groups is 1. The smallest absolute Gasteiger partial charge is 0.337 e. The van der Waals surface area contributed by atoms with Crippen LogP contribution in [-0.4, -0.2) is 29.4 Å². The quantitative estimate of drug-likeness (QED) is 0.503. The Morgan fingerprint density at radius 2 is 2.06 bits per heavy atom. The summed E-state index contributed by atoms with van der Waals surface area (Å²) in [4.78, 5) is 11.0. The van der Waals surface area contributed by atoms with Gasteiger partial charge in [0.05, 0.1) is 7.11 Å². The van der Waals surface area contributed by atoms with E-state index in [9.17, 15) is 15.0 Å². The highest BCUT2D eigenvalue weighted by Crippen LogP contribution is 2.24. The largest absolute Gasteiger partial charge is 0.467 e. The van der Waals surface area contributed by atoms with Gasteiger partial charge in [0.15, 0.2) is 6.10 Å². The molecule has 5 nitrogen and oxygen atoms in total. The predicted molar refractivity (Wildman–Crippen MR) is 58.6 cm³/mol. The highest BCUT2D eigenvalue weighted by atomic mass is 16.5. The van der Waals surface area contributed by atoms with E-state index in [1.54, 1.807) is 18.2 Å². The first kappa shape index (κ1) is 12.5. The van der Waals surface area contributed by atoms with E-state index in [-0.39, 0.29) is 0 Å². The lowest BCUT2D eigenvalue weighted by atomic mass is 10.0. The number of aryl methyl sites for hydroxylation is 1. The SMILES string of the molecule is COC(=O)C(O)C(O)c1cc(C)ccc1N. The number of nitrogens with two attached hydrogens (primary N) is 1. The number of carbonyl (C=O) groups excluding carboxylic acids is 1. The first-order valence-corrected chi connectivity index (χ1v) is 4.77. The molecule has 0 aliphatic carbocycles. The van der Waals surface area contributed by atoms with Gasteiger partial charge in [-0.15, -0.1) is 0 Å². The minimum absolute atomic E-state index is 0.318. The molecule has 0 saturated carbocycles. The van der Waals surface area contributed by atoms with Crippen LogP contribution in [-0.2, 0) is 9.53 Å². The molecule has 16 heavy (non-hydrogen) atoms. The van der Waals surface area contributed by atoms with Gasteiger partial charge in [-0.2, -0.15) is 0 Å². The van der Waals surface area contributed by atoms with Gasteiger partial charge in [-0.25, -0.2) is 4.79 Å². The fourth-order valence-corrected chi connectivity index (χ4v) is 1.37. The second kappa shape index (κ2) is 4.96. The van der Waals surface area contributed by atoms with Gasteiger partial charge in [0.2, 0.25) is 0 Å². The third-order valence-corrected chi connectivity index (χ3v) is 2.30. The van der Waals surface area contributed by atoms with Gasteiger partial charge in [-0.05, 0) is 13.0 Å². The maximum atomic E-state index is 11.0. The van der Waals surface area contributed by atoms with Crippen molar-refractivity contribution in [1.29, 1.82) is 0 Å². The summed E-state index contributed by atoms with van der Waals surface area (Å²) in [6.45, 7) is 1.82. The Hall–Kier alpha value is -1.59. The Morgan fingerprint density at radius 1 is 1.44 bits per heavy atom. The molecular weight excluding hydrogens is 210 g/mol. The summed E-state index contributed by atoms with van der Waals surface area (Å²) in [6, 6.07) is 5.00. The van der Waals surface area contributed by atoms with Crippen molar-refractivity contribution in [2.75, 3.05) is 12.8 Å². The number of ether oxygens (including phenoxy) is 1. The first-order chi connectivity index (χ1) is 7.47. The zero-order chi connectivity index (χ0) is 12.3. The van der Waals surface area contributed by atoms with E-state index >= 15 is 0 Å². The van der Waals surface area contributed by atoms with Crippen LogP contribution in [0.3, 0.4) is 0 Å². The summed E-state index contributed by atoms with van der Waals surface area (Å²) in [6.07, 6.45) is -3.01. The Balaban J connectivity index is 2.99. The molecule has 1 rings (SSSR count). The van der Waals surface area contributed by atoms with Crippen LogP contribution in [0.2, 0.25) is 0 Å². The van der Waals surface area contributed by atoms with Crippen molar-refractivity contribution in [3.8, 4) is 0 Å². The maximum absolute atomic E-state index is 11.0. The van der Waals surface area contributed by atoms with Crippen LogP contribution in [0, 0.1) is 6.92 Å². The molecule has 0 heterocycles. The molecule has 0 aliphatic rings. The molecule has 0 aromatic heterocycles. The van der Waals surface area contributed by atoms with Gasteiger partial charge in [-0.1, -0.05) is 17.7 Å². The molecule has 88 valence electrons. The number of esters is 1. The first-order valence-electron chi connectivity index (χ1n) is 4.77. The number of aliphatic hydroxyl groups excluding tert-OH is 2. The van der Waals surface area contributed by atoms with Crippen molar-refractivity contribution in [2.24, 2.45) is 0 Å². The molecule has 0 saturated heterocycles. The van der Waals surface area contributed by atoms with Crippen molar-refractivity contribution in [3.63, 3.8) is 0 Å². The molecule has 2 unspecified atom stereocenters. The third kappa shape index (κ3) is 2.50. The Labute approximate surface area is 93.5 Å². The zero-order valence-corrected chi connectivity index (χ0v) is 9.18. The van der Waals surface area contributed by atoms with Gasteiger partial charge in [0.1, 0.15) is 6.10 Å². The number of hydrogen-bond donors (Lipinski definition) is 3. The van der Waals surface area contributed by atoms with E-state index in [1.165, 1.54) is 0 Å². The standard InChI is InChI=1S/C11H15NO4/c1-6-3-4-8(12)7(5-6)9(13)10(14)11(15)16-2/h3-5,9-10,13-14H,12H2,1-2H3. The fourth-order valence-electron chi connectivity index (χ4n) is 1.37. The van der Waals surface area contributed by atoms with Crippen LogP contribution in [0.15, 0.2) is 18.2 Å². The van der Waals surface area contributed by atoms with E-state index in [0.717, 1.165) is 12.7 Å². The van der Waals surface area contributed by atoms with Crippen LogP contribution in [0.25, 0.3) is 0 Å². The molecule has 0 aliphatic heterocycles. The molecule has 1 aromatic rings. The summed E-state index contributed by atoms with van der Waals surface area (Å²) >= 11 is 0. The van der Waals surface area contributed by atoms with E-state index in [2.05, 4.69) is 4.74 Å². The predicted octanol–water partition coefficient (Wildman–Crippen LogP) is 0.145. The zero-order valence-electron chi connectivity index (χ0n) is 9.18. The van der Waals surface area contributed by atoms with Crippen molar-refractivity contribution in [1.82, 2.24) is 0 Å².